The summed E-state index contributed by atoms with van der Waals surface area (Å²) in [6.07, 6.45) is 3.63. The molecular formula is C18H13N3O2S. The van der Waals surface area contributed by atoms with Crippen LogP contribution in [0.25, 0.3) is 0 Å². The van der Waals surface area contributed by atoms with Gasteiger partial charge in [0.05, 0.1) is 16.8 Å². The Balaban J connectivity index is 1.61. The molecule has 0 bridgehead atoms. The van der Waals surface area contributed by atoms with Crippen LogP contribution in [0.5, 0.6) is 0 Å². The number of anilines is 1. The maximum absolute atomic E-state index is 12.5. The summed E-state index contributed by atoms with van der Waals surface area (Å²) in [6.45, 7) is 0. The van der Waals surface area contributed by atoms with Crippen molar-refractivity contribution in [3.05, 3.63) is 72.1 Å². The van der Waals surface area contributed by atoms with E-state index in [0.29, 0.717) is 16.8 Å². The van der Waals surface area contributed by atoms with Gasteiger partial charge in [0.25, 0.3) is 11.8 Å². The van der Waals surface area contributed by atoms with Gasteiger partial charge in [-0.3, -0.25) is 9.59 Å². The Bertz CT molecular complexity index is 912. The molecule has 2 amide bonds. The van der Waals surface area contributed by atoms with Crippen LogP contribution < -0.4 is 4.90 Å². The maximum Gasteiger partial charge on any atom is 0.266 e. The van der Waals surface area contributed by atoms with E-state index in [0.717, 1.165) is 10.1 Å². The first-order chi connectivity index (χ1) is 11.6. The molecule has 0 radical (unpaired) electrons. The van der Waals surface area contributed by atoms with Crippen molar-refractivity contribution in [2.45, 2.75) is 10.1 Å². The lowest BCUT2D eigenvalue weighted by molar-refractivity contribution is 0.0926. The molecule has 24 heavy (non-hydrogen) atoms. The highest BCUT2D eigenvalue weighted by molar-refractivity contribution is 7.99. The van der Waals surface area contributed by atoms with Crippen molar-refractivity contribution >= 4 is 29.3 Å². The van der Waals surface area contributed by atoms with Crippen LogP contribution >= 0.6 is 11.8 Å². The van der Waals surface area contributed by atoms with Gasteiger partial charge >= 0.3 is 0 Å². The first kappa shape index (κ1) is 14.7. The van der Waals surface area contributed by atoms with Crippen LogP contribution in [0.2, 0.25) is 0 Å². The zero-order valence-electron chi connectivity index (χ0n) is 12.8. The van der Waals surface area contributed by atoms with Gasteiger partial charge in [-0.25, -0.2) is 9.88 Å². The van der Waals surface area contributed by atoms with Gasteiger partial charge in [0.1, 0.15) is 0 Å². The molecule has 0 aliphatic carbocycles. The second-order valence-corrected chi connectivity index (χ2v) is 6.45. The Morgan fingerprint density at radius 3 is 2.08 bits per heavy atom. The number of rotatable bonds is 3. The van der Waals surface area contributed by atoms with Crippen molar-refractivity contribution in [3.63, 3.8) is 0 Å². The number of aryl methyl sites for hydroxylation is 1. The summed E-state index contributed by atoms with van der Waals surface area (Å²) in [5.41, 5.74) is 1.48. The third kappa shape index (κ3) is 2.32. The predicted octanol–water partition coefficient (Wildman–Crippen LogP) is 3.37. The van der Waals surface area contributed by atoms with Gasteiger partial charge in [-0.1, -0.05) is 23.9 Å². The molecular weight excluding hydrogens is 322 g/mol. The molecule has 0 saturated carbocycles. The normalized spacial score (nSPS) is 13.5. The molecule has 0 fully saturated rings. The topological polar surface area (TPSA) is 55.2 Å². The maximum atomic E-state index is 12.5. The third-order valence-electron chi connectivity index (χ3n) is 3.88. The number of hydrogen-bond donors (Lipinski definition) is 0. The third-order valence-corrected chi connectivity index (χ3v) is 4.96. The summed E-state index contributed by atoms with van der Waals surface area (Å²) in [5.74, 6) is -0.555. The molecule has 118 valence electrons. The van der Waals surface area contributed by atoms with E-state index >= 15 is 0 Å². The van der Waals surface area contributed by atoms with Crippen LogP contribution in [-0.4, -0.2) is 21.4 Å². The fraction of sp³-hybridized carbons (Fsp3) is 0.0556. The first-order valence-electron chi connectivity index (χ1n) is 7.38. The Labute approximate surface area is 142 Å². The van der Waals surface area contributed by atoms with E-state index in [-0.39, 0.29) is 11.8 Å². The molecule has 5 nitrogen and oxygen atoms in total. The summed E-state index contributed by atoms with van der Waals surface area (Å²) in [7, 11) is 1.93. The molecule has 0 atom stereocenters. The minimum Gasteiger partial charge on any atom is -0.329 e. The quantitative estimate of drug-likeness (QED) is 0.689. The molecule has 0 spiro atoms. The molecule has 0 unspecified atom stereocenters. The van der Waals surface area contributed by atoms with Crippen molar-refractivity contribution in [1.29, 1.82) is 0 Å². The lowest BCUT2D eigenvalue weighted by Gasteiger charge is -2.14. The molecule has 3 aromatic rings. The Morgan fingerprint density at radius 1 is 0.917 bits per heavy atom. The summed E-state index contributed by atoms with van der Waals surface area (Å²) in [4.78, 5) is 31.4. The van der Waals surface area contributed by atoms with Crippen LogP contribution in [0.3, 0.4) is 0 Å². The minimum atomic E-state index is -0.278. The summed E-state index contributed by atoms with van der Waals surface area (Å²) in [5, 5.41) is 0.878. The molecule has 0 saturated heterocycles. The van der Waals surface area contributed by atoms with E-state index in [9.17, 15) is 9.59 Å². The molecule has 1 aromatic heterocycles. The zero-order valence-corrected chi connectivity index (χ0v) is 13.7. The van der Waals surface area contributed by atoms with Gasteiger partial charge in [-0.2, -0.15) is 0 Å². The van der Waals surface area contributed by atoms with E-state index in [1.54, 1.807) is 42.6 Å². The lowest BCUT2D eigenvalue weighted by atomic mass is 10.1. The van der Waals surface area contributed by atoms with Gasteiger partial charge in [0.15, 0.2) is 5.16 Å². The summed E-state index contributed by atoms with van der Waals surface area (Å²) in [6, 6.07) is 14.2. The summed E-state index contributed by atoms with van der Waals surface area (Å²) < 4.78 is 1.93. The predicted molar refractivity (Wildman–Crippen MR) is 91.4 cm³/mol. The van der Waals surface area contributed by atoms with E-state index in [4.69, 9.17) is 0 Å². The highest BCUT2D eigenvalue weighted by Gasteiger charge is 2.36. The second-order valence-electron chi connectivity index (χ2n) is 5.41. The van der Waals surface area contributed by atoms with Gasteiger partial charge in [-0.15, -0.1) is 0 Å². The van der Waals surface area contributed by atoms with Crippen LogP contribution in [0.15, 0.2) is 71.0 Å². The van der Waals surface area contributed by atoms with E-state index in [2.05, 4.69) is 4.98 Å². The van der Waals surface area contributed by atoms with Crippen molar-refractivity contribution in [3.8, 4) is 0 Å². The van der Waals surface area contributed by atoms with E-state index < -0.39 is 0 Å². The van der Waals surface area contributed by atoms with E-state index in [1.807, 2.05) is 29.9 Å². The fourth-order valence-corrected chi connectivity index (χ4v) is 3.44. The van der Waals surface area contributed by atoms with Gasteiger partial charge in [0.2, 0.25) is 0 Å². The number of benzene rings is 2. The summed E-state index contributed by atoms with van der Waals surface area (Å²) >= 11 is 1.52. The highest BCUT2D eigenvalue weighted by Crippen LogP contribution is 2.31. The van der Waals surface area contributed by atoms with Crippen molar-refractivity contribution < 1.29 is 9.59 Å². The lowest BCUT2D eigenvalue weighted by Crippen LogP contribution is -2.29. The SMILES string of the molecule is Cn1ccnc1Sc1ccc(N2C(=O)c3ccccc3C2=O)cc1. The Kier molecular flexibility index (Phi) is 3.46. The standard InChI is InChI=1S/C18H13N3O2S/c1-20-11-10-19-18(20)24-13-8-6-12(7-9-13)21-16(22)14-4-2-3-5-15(14)17(21)23/h2-11H,1H3. The minimum absolute atomic E-state index is 0.278. The molecule has 1 aliphatic heterocycles. The molecule has 0 N–H and O–H groups in total. The van der Waals surface area contributed by atoms with Crippen molar-refractivity contribution in [1.82, 2.24) is 9.55 Å². The van der Waals surface area contributed by atoms with Crippen LogP contribution in [0, 0.1) is 0 Å². The average Bonchev–Trinajstić information content (AvgIpc) is 3.11. The fourth-order valence-electron chi connectivity index (χ4n) is 2.64. The van der Waals surface area contributed by atoms with Crippen LogP contribution in [-0.2, 0) is 7.05 Å². The zero-order chi connectivity index (χ0) is 16.7. The monoisotopic (exact) mass is 335 g/mol. The van der Waals surface area contributed by atoms with Gasteiger partial charge in [-0.05, 0) is 36.4 Å². The molecule has 1 aliphatic rings. The number of nitrogens with zero attached hydrogens (tertiary/aromatic N) is 3. The number of carbonyl (C=O) groups is 2. The molecule has 2 heterocycles. The highest BCUT2D eigenvalue weighted by atomic mass is 32.2. The Morgan fingerprint density at radius 2 is 1.54 bits per heavy atom. The number of fused-ring (bicyclic) bond motifs is 1. The number of imide groups is 1. The van der Waals surface area contributed by atoms with Crippen molar-refractivity contribution in [2.24, 2.45) is 7.05 Å². The van der Waals surface area contributed by atoms with Gasteiger partial charge < -0.3 is 4.57 Å². The van der Waals surface area contributed by atoms with Crippen molar-refractivity contribution in [2.75, 3.05) is 4.90 Å². The number of amides is 2. The number of carbonyl (C=O) groups excluding carboxylic acids is 2. The van der Waals surface area contributed by atoms with Crippen LogP contribution in [0.1, 0.15) is 20.7 Å². The van der Waals surface area contributed by atoms with E-state index in [1.165, 1.54) is 16.7 Å². The molecule has 2 aromatic carbocycles. The second kappa shape index (κ2) is 5.65. The average molecular weight is 335 g/mol. The molecule has 6 heteroatoms. The molecule has 4 rings (SSSR count). The number of aromatic nitrogens is 2. The number of imidazole rings is 1. The van der Waals surface area contributed by atoms with Gasteiger partial charge in [0, 0.05) is 24.3 Å². The Hall–Kier alpha value is -2.86. The largest absolute Gasteiger partial charge is 0.329 e. The smallest absolute Gasteiger partial charge is 0.266 e. The number of hydrogen-bond acceptors (Lipinski definition) is 4. The first-order valence-corrected chi connectivity index (χ1v) is 8.20. The van der Waals surface area contributed by atoms with Crippen LogP contribution in [0.4, 0.5) is 5.69 Å².